The molecule has 0 bridgehead atoms. The molecule has 9 nitrogen and oxygen atoms in total. The summed E-state index contributed by atoms with van der Waals surface area (Å²) in [6.07, 6.45) is 0.704. The minimum absolute atomic E-state index is 0.0524. The number of hydrogen-bond acceptors (Lipinski definition) is 7. The first-order chi connectivity index (χ1) is 10.0. The van der Waals surface area contributed by atoms with Crippen molar-refractivity contribution < 1.29 is 14.5 Å². The van der Waals surface area contributed by atoms with Gasteiger partial charge in [0, 0.05) is 26.2 Å². The van der Waals surface area contributed by atoms with Crippen LogP contribution in [0.4, 0.5) is 16.3 Å². The zero-order chi connectivity index (χ0) is 15.4. The van der Waals surface area contributed by atoms with Crippen LogP contribution in [0.25, 0.3) is 0 Å². The summed E-state index contributed by atoms with van der Waals surface area (Å²) < 4.78 is 4.92. The Morgan fingerprint density at radius 2 is 2.14 bits per heavy atom. The van der Waals surface area contributed by atoms with Gasteiger partial charge < -0.3 is 14.5 Å². The number of anilines is 1. The maximum absolute atomic E-state index is 11.6. The monoisotopic (exact) mass is 315 g/mol. The van der Waals surface area contributed by atoms with E-state index >= 15 is 0 Å². The molecule has 21 heavy (non-hydrogen) atoms. The Labute approximate surface area is 125 Å². The molecule has 0 saturated carbocycles. The zero-order valence-corrected chi connectivity index (χ0v) is 12.1. The molecule has 2 heterocycles. The van der Waals surface area contributed by atoms with Crippen molar-refractivity contribution in [1.29, 1.82) is 0 Å². The molecule has 0 aliphatic carbocycles. The Balaban J connectivity index is 2.10. The number of aromatic nitrogens is 2. The van der Waals surface area contributed by atoms with Crippen LogP contribution in [0.2, 0.25) is 5.28 Å². The molecule has 0 atom stereocenters. The van der Waals surface area contributed by atoms with Gasteiger partial charge in [-0.2, -0.15) is 4.98 Å². The SMILES string of the molecule is CCOC(=O)N1CCN(c2nc(Cl)ncc2[N+](=O)[O-])CC1. The highest BCUT2D eigenvalue weighted by Crippen LogP contribution is 2.26. The molecule has 1 aliphatic rings. The number of ether oxygens (including phenoxy) is 1. The minimum Gasteiger partial charge on any atom is -0.450 e. The highest BCUT2D eigenvalue weighted by atomic mass is 35.5. The molecule has 114 valence electrons. The topological polar surface area (TPSA) is 102 Å². The summed E-state index contributed by atoms with van der Waals surface area (Å²) in [5, 5.41) is 11.0. The minimum atomic E-state index is -0.552. The number of piperazine rings is 1. The molecule has 0 N–H and O–H groups in total. The predicted molar refractivity (Wildman–Crippen MR) is 74.5 cm³/mol. The normalized spacial score (nSPS) is 15.0. The van der Waals surface area contributed by atoms with E-state index < -0.39 is 4.92 Å². The van der Waals surface area contributed by atoms with E-state index in [1.54, 1.807) is 16.7 Å². The summed E-state index contributed by atoms with van der Waals surface area (Å²) >= 11 is 5.71. The molecule has 0 spiro atoms. The number of nitro groups is 1. The quantitative estimate of drug-likeness (QED) is 0.471. The molecular weight excluding hydrogens is 302 g/mol. The van der Waals surface area contributed by atoms with E-state index in [4.69, 9.17) is 16.3 Å². The summed E-state index contributed by atoms with van der Waals surface area (Å²) in [5.41, 5.74) is -0.205. The second-order valence-electron chi connectivity index (χ2n) is 4.28. The summed E-state index contributed by atoms with van der Waals surface area (Å²) in [6.45, 7) is 3.67. The van der Waals surface area contributed by atoms with Crippen molar-refractivity contribution in [3.05, 3.63) is 21.6 Å². The lowest BCUT2D eigenvalue weighted by molar-refractivity contribution is -0.384. The highest BCUT2D eigenvalue weighted by molar-refractivity contribution is 6.28. The molecule has 1 aliphatic heterocycles. The van der Waals surface area contributed by atoms with Crippen molar-refractivity contribution in [2.24, 2.45) is 0 Å². The predicted octanol–water partition coefficient (Wildman–Crippen LogP) is 1.32. The molecule has 1 aromatic heterocycles. The van der Waals surface area contributed by atoms with Crippen molar-refractivity contribution in [2.75, 3.05) is 37.7 Å². The Morgan fingerprint density at radius 1 is 1.48 bits per heavy atom. The molecule has 1 aromatic rings. The zero-order valence-electron chi connectivity index (χ0n) is 11.4. The lowest BCUT2D eigenvalue weighted by Gasteiger charge is -2.34. The highest BCUT2D eigenvalue weighted by Gasteiger charge is 2.28. The lowest BCUT2D eigenvalue weighted by atomic mass is 10.3. The van der Waals surface area contributed by atoms with Crippen LogP contribution in [0.3, 0.4) is 0 Å². The standard InChI is InChI=1S/C11H14ClN5O4/c1-2-21-11(18)16-5-3-15(4-6-16)9-8(17(19)20)7-13-10(12)14-9/h7H,2-6H2,1H3. The van der Waals surface area contributed by atoms with Crippen LogP contribution < -0.4 is 4.90 Å². The van der Waals surface area contributed by atoms with Crippen molar-refractivity contribution in [3.8, 4) is 0 Å². The Kier molecular flexibility index (Phi) is 4.73. The third-order valence-electron chi connectivity index (χ3n) is 3.02. The van der Waals surface area contributed by atoms with Crippen molar-refractivity contribution in [1.82, 2.24) is 14.9 Å². The van der Waals surface area contributed by atoms with Gasteiger partial charge in [0.15, 0.2) is 0 Å². The fourth-order valence-corrected chi connectivity index (χ4v) is 2.15. The Bertz CT molecular complexity index is 547. The van der Waals surface area contributed by atoms with Crippen molar-refractivity contribution in [3.63, 3.8) is 0 Å². The summed E-state index contributed by atoms with van der Waals surface area (Å²) in [4.78, 5) is 32.9. The average molecular weight is 316 g/mol. The van der Waals surface area contributed by atoms with Gasteiger partial charge in [-0.25, -0.2) is 9.78 Å². The molecule has 10 heteroatoms. The van der Waals surface area contributed by atoms with Gasteiger partial charge in [-0.3, -0.25) is 10.1 Å². The molecular formula is C11H14ClN5O4. The second kappa shape index (κ2) is 6.53. The largest absolute Gasteiger partial charge is 0.450 e. The summed E-state index contributed by atoms with van der Waals surface area (Å²) in [7, 11) is 0. The van der Waals surface area contributed by atoms with Gasteiger partial charge in [0.2, 0.25) is 11.1 Å². The van der Waals surface area contributed by atoms with E-state index in [1.807, 2.05) is 0 Å². The number of rotatable bonds is 3. The molecule has 1 fully saturated rings. The van der Waals surface area contributed by atoms with Crippen molar-refractivity contribution >= 4 is 29.2 Å². The average Bonchev–Trinajstić information content (AvgIpc) is 2.47. The van der Waals surface area contributed by atoms with Gasteiger partial charge in [-0.05, 0) is 18.5 Å². The maximum Gasteiger partial charge on any atom is 0.409 e. The molecule has 1 saturated heterocycles. The van der Waals surface area contributed by atoms with Crippen LogP contribution in [-0.2, 0) is 4.74 Å². The maximum atomic E-state index is 11.6. The number of amides is 1. The van der Waals surface area contributed by atoms with Gasteiger partial charge >= 0.3 is 11.8 Å². The number of carbonyl (C=O) groups excluding carboxylic acids is 1. The van der Waals surface area contributed by atoms with E-state index in [1.165, 1.54) is 0 Å². The fourth-order valence-electron chi connectivity index (χ4n) is 2.02. The third kappa shape index (κ3) is 3.48. The molecule has 2 rings (SSSR count). The van der Waals surface area contributed by atoms with Crippen molar-refractivity contribution in [2.45, 2.75) is 6.92 Å². The number of halogens is 1. The smallest absolute Gasteiger partial charge is 0.409 e. The van der Waals surface area contributed by atoms with Crippen LogP contribution in [0.5, 0.6) is 0 Å². The molecule has 0 unspecified atom stereocenters. The Hall–Kier alpha value is -2.16. The summed E-state index contributed by atoms with van der Waals surface area (Å²) in [5.74, 6) is 0.170. The van der Waals surface area contributed by atoms with Gasteiger partial charge in [0.1, 0.15) is 6.20 Å². The lowest BCUT2D eigenvalue weighted by Crippen LogP contribution is -2.49. The molecule has 0 radical (unpaired) electrons. The Morgan fingerprint density at radius 3 is 2.71 bits per heavy atom. The fraction of sp³-hybridized carbons (Fsp3) is 0.545. The van der Waals surface area contributed by atoms with Crippen LogP contribution in [0.1, 0.15) is 6.92 Å². The number of carbonyl (C=O) groups is 1. The first-order valence-corrected chi connectivity index (χ1v) is 6.74. The first kappa shape index (κ1) is 15.2. The van der Waals surface area contributed by atoms with E-state index in [-0.39, 0.29) is 22.9 Å². The van der Waals surface area contributed by atoms with E-state index in [2.05, 4.69) is 9.97 Å². The molecule has 1 amide bonds. The van der Waals surface area contributed by atoms with Crippen LogP contribution in [0.15, 0.2) is 6.20 Å². The second-order valence-corrected chi connectivity index (χ2v) is 4.62. The third-order valence-corrected chi connectivity index (χ3v) is 3.20. The van der Waals surface area contributed by atoms with Crippen LogP contribution in [0, 0.1) is 10.1 Å². The van der Waals surface area contributed by atoms with E-state index in [9.17, 15) is 14.9 Å². The van der Waals surface area contributed by atoms with Gasteiger partial charge in [0.25, 0.3) is 0 Å². The first-order valence-electron chi connectivity index (χ1n) is 6.36. The van der Waals surface area contributed by atoms with Gasteiger partial charge in [-0.15, -0.1) is 0 Å². The number of hydrogen-bond donors (Lipinski definition) is 0. The van der Waals surface area contributed by atoms with Gasteiger partial charge in [0.05, 0.1) is 11.5 Å². The summed E-state index contributed by atoms with van der Waals surface area (Å²) in [6, 6.07) is 0. The molecule has 0 aromatic carbocycles. The number of nitrogens with zero attached hydrogens (tertiary/aromatic N) is 5. The van der Waals surface area contributed by atoms with Crippen LogP contribution in [-0.4, -0.2) is 58.7 Å². The van der Waals surface area contributed by atoms with E-state index in [0.717, 1.165) is 6.20 Å². The van der Waals surface area contributed by atoms with E-state index in [0.29, 0.717) is 32.8 Å². The van der Waals surface area contributed by atoms with Gasteiger partial charge in [-0.1, -0.05) is 0 Å². The van der Waals surface area contributed by atoms with Crippen LogP contribution >= 0.6 is 11.6 Å².